The van der Waals surface area contributed by atoms with Crippen molar-refractivity contribution in [1.29, 1.82) is 0 Å². The number of aromatic amines is 1. The molecule has 0 fully saturated rings. The van der Waals surface area contributed by atoms with Crippen LogP contribution < -0.4 is 0 Å². The number of carbonyl (C=O) groups is 1. The number of nitrogens with one attached hydrogen (secondary N) is 1. The summed E-state index contributed by atoms with van der Waals surface area (Å²) >= 11 is 0. The highest BCUT2D eigenvalue weighted by Crippen LogP contribution is 2.29. The average Bonchev–Trinajstić information content (AvgIpc) is 2.66. The Bertz CT molecular complexity index is 411. The van der Waals surface area contributed by atoms with Gasteiger partial charge in [-0.2, -0.15) is 0 Å². The van der Waals surface area contributed by atoms with Gasteiger partial charge in [0.05, 0.1) is 6.61 Å². The molecule has 1 N–H and O–H groups in total. The number of hydrogen-bond donors (Lipinski definition) is 1. The molecule has 0 saturated heterocycles. The van der Waals surface area contributed by atoms with E-state index in [1.165, 1.54) is 20.2 Å². The summed E-state index contributed by atoms with van der Waals surface area (Å²) in [6.45, 7) is 4.97. The van der Waals surface area contributed by atoms with Crippen LogP contribution in [0.1, 0.15) is 26.5 Å². The van der Waals surface area contributed by atoms with Crippen molar-refractivity contribution in [2.75, 3.05) is 6.61 Å². The van der Waals surface area contributed by atoms with Gasteiger partial charge in [-0.1, -0.05) is 0 Å². The molecule has 1 aromatic rings. The standard InChI is InChI=1S/C9H13N3O4/c1-4-16-8(13)9(2,3)6-7(12(14)15)11-5-10-6/h5H,4H2,1-3H3,(H,10,11). The average molecular weight is 227 g/mol. The molecule has 1 rings (SSSR count). The third-order valence-corrected chi connectivity index (χ3v) is 2.18. The monoisotopic (exact) mass is 227 g/mol. The van der Waals surface area contributed by atoms with E-state index >= 15 is 0 Å². The number of carbonyl (C=O) groups excluding carboxylic acids is 1. The summed E-state index contributed by atoms with van der Waals surface area (Å²) in [5.74, 6) is -0.816. The number of aromatic nitrogens is 2. The predicted molar refractivity (Wildman–Crippen MR) is 54.9 cm³/mol. The lowest BCUT2D eigenvalue weighted by Gasteiger charge is -2.19. The normalized spacial score (nSPS) is 11.2. The molecule has 16 heavy (non-hydrogen) atoms. The van der Waals surface area contributed by atoms with Crippen LogP contribution in [0.25, 0.3) is 0 Å². The largest absolute Gasteiger partial charge is 0.465 e. The number of nitro groups is 1. The first kappa shape index (κ1) is 12.2. The van der Waals surface area contributed by atoms with Crippen LogP contribution in [0.15, 0.2) is 6.33 Å². The number of H-pyrrole nitrogens is 1. The molecule has 0 aliphatic heterocycles. The lowest BCUT2D eigenvalue weighted by molar-refractivity contribution is -0.390. The fraction of sp³-hybridized carbons (Fsp3) is 0.556. The Morgan fingerprint density at radius 1 is 1.69 bits per heavy atom. The van der Waals surface area contributed by atoms with E-state index in [-0.39, 0.29) is 18.1 Å². The summed E-state index contributed by atoms with van der Waals surface area (Å²) < 4.78 is 4.85. The van der Waals surface area contributed by atoms with Gasteiger partial charge in [-0.25, -0.2) is 9.97 Å². The van der Waals surface area contributed by atoms with E-state index in [4.69, 9.17) is 4.74 Å². The second-order valence-electron chi connectivity index (χ2n) is 3.70. The first-order valence-corrected chi connectivity index (χ1v) is 4.76. The van der Waals surface area contributed by atoms with E-state index in [0.29, 0.717) is 0 Å². The molecule has 1 heterocycles. The first-order valence-electron chi connectivity index (χ1n) is 4.76. The lowest BCUT2D eigenvalue weighted by atomic mass is 9.89. The van der Waals surface area contributed by atoms with Crippen LogP contribution in [0.3, 0.4) is 0 Å². The van der Waals surface area contributed by atoms with E-state index in [2.05, 4.69) is 9.97 Å². The van der Waals surface area contributed by atoms with Crippen molar-refractivity contribution >= 4 is 11.8 Å². The minimum atomic E-state index is -1.14. The van der Waals surface area contributed by atoms with E-state index in [0.717, 1.165) is 0 Å². The van der Waals surface area contributed by atoms with Crippen LogP contribution in [-0.2, 0) is 14.9 Å². The maximum Gasteiger partial charge on any atom is 0.344 e. The maximum absolute atomic E-state index is 11.6. The molecule has 7 nitrogen and oxygen atoms in total. The van der Waals surface area contributed by atoms with Gasteiger partial charge in [-0.05, 0) is 25.7 Å². The van der Waals surface area contributed by atoms with E-state index in [1.807, 2.05) is 0 Å². The highest BCUT2D eigenvalue weighted by molar-refractivity contribution is 5.82. The first-order chi connectivity index (χ1) is 7.41. The predicted octanol–water partition coefficient (Wildman–Crippen LogP) is 1.16. The fourth-order valence-electron chi connectivity index (χ4n) is 1.29. The summed E-state index contributed by atoms with van der Waals surface area (Å²) in [7, 11) is 0. The zero-order valence-electron chi connectivity index (χ0n) is 9.31. The number of esters is 1. The Kier molecular flexibility index (Phi) is 3.26. The molecule has 1 aromatic heterocycles. The topological polar surface area (TPSA) is 98.1 Å². The molecular weight excluding hydrogens is 214 g/mol. The Labute approximate surface area is 92.0 Å². The van der Waals surface area contributed by atoms with Crippen molar-refractivity contribution in [2.24, 2.45) is 0 Å². The summed E-state index contributed by atoms with van der Waals surface area (Å²) in [4.78, 5) is 27.9. The Morgan fingerprint density at radius 3 is 2.81 bits per heavy atom. The van der Waals surface area contributed by atoms with Crippen molar-refractivity contribution < 1.29 is 14.5 Å². The molecule has 0 unspecified atom stereocenters. The second-order valence-corrected chi connectivity index (χ2v) is 3.70. The summed E-state index contributed by atoms with van der Waals surface area (Å²) in [5.41, 5.74) is -1.06. The highest BCUT2D eigenvalue weighted by Gasteiger charge is 2.39. The molecule has 0 aromatic carbocycles. The van der Waals surface area contributed by atoms with Gasteiger partial charge < -0.3 is 14.9 Å². The van der Waals surface area contributed by atoms with Crippen LogP contribution in [0.4, 0.5) is 5.82 Å². The summed E-state index contributed by atoms with van der Waals surface area (Å²) in [6, 6.07) is 0. The lowest BCUT2D eigenvalue weighted by Crippen LogP contribution is -2.32. The molecule has 88 valence electrons. The molecular formula is C9H13N3O4. The van der Waals surface area contributed by atoms with E-state index in [9.17, 15) is 14.9 Å². The van der Waals surface area contributed by atoms with E-state index in [1.54, 1.807) is 6.92 Å². The maximum atomic E-state index is 11.6. The van der Waals surface area contributed by atoms with Crippen LogP contribution >= 0.6 is 0 Å². The number of hydrogen-bond acceptors (Lipinski definition) is 5. The van der Waals surface area contributed by atoms with Gasteiger partial charge >= 0.3 is 11.8 Å². The van der Waals surface area contributed by atoms with Crippen LogP contribution in [0.5, 0.6) is 0 Å². The third-order valence-electron chi connectivity index (χ3n) is 2.18. The number of imidazole rings is 1. The van der Waals surface area contributed by atoms with Crippen LogP contribution in [-0.4, -0.2) is 27.5 Å². The second kappa shape index (κ2) is 4.30. The third kappa shape index (κ3) is 2.02. The van der Waals surface area contributed by atoms with Gasteiger partial charge in [-0.3, -0.25) is 4.79 Å². The molecule has 0 spiro atoms. The number of rotatable bonds is 4. The van der Waals surface area contributed by atoms with E-state index < -0.39 is 16.3 Å². The number of ether oxygens (including phenoxy) is 1. The zero-order chi connectivity index (χ0) is 12.3. The highest BCUT2D eigenvalue weighted by atomic mass is 16.6. The van der Waals surface area contributed by atoms with Gasteiger partial charge in [0.1, 0.15) is 5.41 Å². The van der Waals surface area contributed by atoms with Gasteiger partial charge in [0, 0.05) is 0 Å². The van der Waals surface area contributed by atoms with Crippen molar-refractivity contribution in [2.45, 2.75) is 26.2 Å². The van der Waals surface area contributed by atoms with Gasteiger partial charge in [0.2, 0.25) is 0 Å². The molecule has 7 heteroatoms. The van der Waals surface area contributed by atoms with Crippen molar-refractivity contribution in [3.63, 3.8) is 0 Å². The Balaban J connectivity index is 3.11. The van der Waals surface area contributed by atoms with Crippen LogP contribution in [0, 0.1) is 10.1 Å². The smallest absolute Gasteiger partial charge is 0.344 e. The molecule has 0 aliphatic rings. The minimum Gasteiger partial charge on any atom is -0.465 e. The molecule has 0 saturated carbocycles. The Hall–Kier alpha value is -1.92. The van der Waals surface area contributed by atoms with Gasteiger partial charge in [0.25, 0.3) is 0 Å². The van der Waals surface area contributed by atoms with Gasteiger partial charge in [0.15, 0.2) is 12.0 Å². The SMILES string of the molecule is CCOC(=O)C(C)(C)c1nc[nH]c1[N+](=O)[O-]. The quantitative estimate of drug-likeness (QED) is 0.472. The zero-order valence-corrected chi connectivity index (χ0v) is 9.31. The molecule has 0 aliphatic carbocycles. The number of nitrogens with zero attached hydrogens (tertiary/aromatic N) is 2. The summed E-state index contributed by atoms with van der Waals surface area (Å²) in [5, 5.41) is 10.7. The molecule has 0 radical (unpaired) electrons. The van der Waals surface area contributed by atoms with Gasteiger partial charge in [-0.15, -0.1) is 0 Å². The Morgan fingerprint density at radius 2 is 2.31 bits per heavy atom. The molecule has 0 amide bonds. The molecule has 0 bridgehead atoms. The fourth-order valence-corrected chi connectivity index (χ4v) is 1.29. The van der Waals surface area contributed by atoms with Crippen molar-refractivity contribution in [3.05, 3.63) is 22.1 Å². The molecule has 0 atom stereocenters. The van der Waals surface area contributed by atoms with Crippen LogP contribution in [0.2, 0.25) is 0 Å². The summed E-state index contributed by atoms with van der Waals surface area (Å²) in [6.07, 6.45) is 1.19. The minimum absolute atomic E-state index is 0.0796. The van der Waals surface area contributed by atoms with Crippen molar-refractivity contribution in [3.8, 4) is 0 Å². The van der Waals surface area contributed by atoms with Crippen molar-refractivity contribution in [1.82, 2.24) is 9.97 Å².